The highest BCUT2D eigenvalue weighted by Crippen LogP contribution is 2.48. The van der Waals surface area contributed by atoms with Gasteiger partial charge in [-0.05, 0) is 30.2 Å². The van der Waals surface area contributed by atoms with Gasteiger partial charge in [-0.1, -0.05) is 55.5 Å². The number of rotatable bonds is 5. The molecular weight excluding hydrogens is 320 g/mol. The highest BCUT2D eigenvalue weighted by molar-refractivity contribution is 7.20. The van der Waals surface area contributed by atoms with E-state index in [0.29, 0.717) is 16.8 Å². The lowest BCUT2D eigenvalue weighted by Gasteiger charge is -2.18. The van der Waals surface area contributed by atoms with Gasteiger partial charge in [-0.3, -0.25) is 4.79 Å². The summed E-state index contributed by atoms with van der Waals surface area (Å²) in [6, 6.07) is 12.2. The second-order valence-corrected chi connectivity index (χ2v) is 7.41. The lowest BCUT2D eigenvalue weighted by atomic mass is 10.0. The van der Waals surface area contributed by atoms with Crippen LogP contribution in [0.25, 0.3) is 4.96 Å². The molecule has 5 nitrogen and oxygen atoms in total. The molecule has 0 bridgehead atoms. The van der Waals surface area contributed by atoms with Crippen LogP contribution in [0.5, 0.6) is 0 Å². The molecule has 6 heteroatoms. The van der Waals surface area contributed by atoms with E-state index in [-0.39, 0.29) is 11.6 Å². The van der Waals surface area contributed by atoms with Gasteiger partial charge in [0, 0.05) is 11.8 Å². The summed E-state index contributed by atoms with van der Waals surface area (Å²) in [5.74, 6) is 1.32. The van der Waals surface area contributed by atoms with Crippen molar-refractivity contribution in [3.63, 3.8) is 0 Å². The molecule has 3 aromatic rings. The van der Waals surface area contributed by atoms with E-state index in [1.54, 1.807) is 6.07 Å². The maximum Gasteiger partial charge on any atom is 0.275 e. The van der Waals surface area contributed by atoms with E-state index < -0.39 is 0 Å². The standard InChI is InChI=1S/C18H20N4OS/c1-3-13-10-15(23)22-18(19-13)24-17(21-22)20-16(14-9-11(14)2)12-7-5-4-6-8-12/h4-8,10-11,14,16H,3,9H2,1-2H3,(H,20,21). The second kappa shape index (κ2) is 6.02. The number of nitrogens with one attached hydrogen (secondary N) is 1. The van der Waals surface area contributed by atoms with E-state index >= 15 is 0 Å². The largest absolute Gasteiger partial charge is 0.353 e. The molecule has 1 aromatic carbocycles. The van der Waals surface area contributed by atoms with Gasteiger partial charge in [0.15, 0.2) is 0 Å². The van der Waals surface area contributed by atoms with Crippen LogP contribution < -0.4 is 10.9 Å². The number of anilines is 1. The summed E-state index contributed by atoms with van der Waals surface area (Å²) in [4.78, 5) is 17.3. The maximum absolute atomic E-state index is 12.2. The first-order valence-electron chi connectivity index (χ1n) is 8.37. The Labute approximate surface area is 144 Å². The van der Waals surface area contributed by atoms with E-state index in [1.807, 2.05) is 13.0 Å². The number of aryl methyl sites for hydroxylation is 1. The molecule has 3 atom stereocenters. The van der Waals surface area contributed by atoms with Crippen LogP contribution in [0, 0.1) is 11.8 Å². The Kier molecular flexibility index (Phi) is 3.84. The third kappa shape index (κ3) is 2.82. The van der Waals surface area contributed by atoms with Crippen LogP contribution >= 0.6 is 11.3 Å². The summed E-state index contributed by atoms with van der Waals surface area (Å²) in [5.41, 5.74) is 1.96. The summed E-state index contributed by atoms with van der Waals surface area (Å²) in [6.45, 7) is 4.28. The molecule has 1 fully saturated rings. The van der Waals surface area contributed by atoms with Crippen molar-refractivity contribution in [1.29, 1.82) is 0 Å². The summed E-state index contributed by atoms with van der Waals surface area (Å²) in [6.07, 6.45) is 1.97. The monoisotopic (exact) mass is 340 g/mol. The highest BCUT2D eigenvalue weighted by atomic mass is 32.1. The smallest absolute Gasteiger partial charge is 0.275 e. The molecule has 1 saturated carbocycles. The molecule has 24 heavy (non-hydrogen) atoms. The summed E-state index contributed by atoms with van der Waals surface area (Å²) in [7, 11) is 0. The molecule has 1 N–H and O–H groups in total. The minimum Gasteiger partial charge on any atom is -0.353 e. The van der Waals surface area contributed by atoms with Gasteiger partial charge >= 0.3 is 0 Å². The van der Waals surface area contributed by atoms with Crippen molar-refractivity contribution < 1.29 is 0 Å². The molecule has 1 aliphatic rings. The van der Waals surface area contributed by atoms with E-state index in [1.165, 1.54) is 27.8 Å². The molecule has 0 spiro atoms. The quantitative estimate of drug-likeness (QED) is 0.772. The predicted octanol–water partition coefficient (Wildman–Crippen LogP) is 3.52. The number of benzene rings is 1. The van der Waals surface area contributed by atoms with Gasteiger partial charge in [-0.15, -0.1) is 5.10 Å². The third-order valence-corrected chi connectivity index (χ3v) is 5.54. The van der Waals surface area contributed by atoms with Gasteiger partial charge in [0.2, 0.25) is 10.1 Å². The lowest BCUT2D eigenvalue weighted by Crippen LogP contribution is -2.17. The fourth-order valence-corrected chi connectivity index (χ4v) is 4.00. The molecule has 0 radical (unpaired) electrons. The van der Waals surface area contributed by atoms with Crippen LogP contribution in [-0.4, -0.2) is 14.6 Å². The second-order valence-electron chi connectivity index (χ2n) is 6.45. The van der Waals surface area contributed by atoms with Gasteiger partial charge in [0.25, 0.3) is 5.56 Å². The van der Waals surface area contributed by atoms with Crippen molar-refractivity contribution in [2.24, 2.45) is 11.8 Å². The third-order valence-electron chi connectivity index (χ3n) is 4.70. The van der Waals surface area contributed by atoms with Crippen LogP contribution in [-0.2, 0) is 6.42 Å². The number of aromatic nitrogens is 3. The number of hydrogen-bond acceptors (Lipinski definition) is 5. The first-order chi connectivity index (χ1) is 11.7. The summed E-state index contributed by atoms with van der Waals surface area (Å²) < 4.78 is 1.39. The van der Waals surface area contributed by atoms with Crippen LogP contribution in [0.2, 0.25) is 0 Å². The zero-order valence-electron chi connectivity index (χ0n) is 13.8. The van der Waals surface area contributed by atoms with Crippen molar-refractivity contribution >= 4 is 21.4 Å². The Balaban J connectivity index is 1.69. The average Bonchev–Trinajstić information content (AvgIpc) is 3.16. The van der Waals surface area contributed by atoms with E-state index in [9.17, 15) is 4.79 Å². The predicted molar refractivity (Wildman–Crippen MR) is 96.6 cm³/mol. The first kappa shape index (κ1) is 15.3. The van der Waals surface area contributed by atoms with Crippen molar-refractivity contribution in [2.45, 2.75) is 32.7 Å². The SMILES string of the molecule is CCc1cc(=O)n2nc(NC(c3ccccc3)C3CC3C)sc2n1. The maximum atomic E-state index is 12.2. The molecule has 3 unspecified atom stereocenters. The zero-order chi connectivity index (χ0) is 16.7. The zero-order valence-corrected chi connectivity index (χ0v) is 14.6. The Hall–Kier alpha value is -2.21. The molecule has 4 rings (SSSR count). The molecule has 124 valence electrons. The number of hydrogen-bond donors (Lipinski definition) is 1. The van der Waals surface area contributed by atoms with Crippen LogP contribution in [0.3, 0.4) is 0 Å². The van der Waals surface area contributed by atoms with Crippen molar-refractivity contribution in [3.05, 3.63) is 58.0 Å². The summed E-state index contributed by atoms with van der Waals surface area (Å²) >= 11 is 1.44. The normalized spacial score (nSPS) is 20.9. The van der Waals surface area contributed by atoms with Crippen molar-refractivity contribution in [3.8, 4) is 0 Å². The van der Waals surface area contributed by atoms with Crippen molar-refractivity contribution in [1.82, 2.24) is 14.6 Å². The van der Waals surface area contributed by atoms with Gasteiger partial charge in [0.05, 0.1) is 6.04 Å². The molecule has 0 aliphatic heterocycles. The number of fused-ring (bicyclic) bond motifs is 1. The van der Waals surface area contributed by atoms with Gasteiger partial charge in [-0.2, -0.15) is 4.52 Å². The molecule has 0 amide bonds. The Bertz CT molecular complexity index is 918. The topological polar surface area (TPSA) is 59.3 Å². The fraction of sp³-hybridized carbons (Fsp3) is 0.389. The average molecular weight is 340 g/mol. The summed E-state index contributed by atoms with van der Waals surface area (Å²) in [5, 5.41) is 8.74. The minimum absolute atomic E-state index is 0.114. The van der Waals surface area contributed by atoms with E-state index in [4.69, 9.17) is 0 Å². The van der Waals surface area contributed by atoms with E-state index in [0.717, 1.165) is 17.2 Å². The van der Waals surface area contributed by atoms with Crippen LogP contribution in [0.1, 0.15) is 37.6 Å². The van der Waals surface area contributed by atoms with Gasteiger partial charge in [0.1, 0.15) is 0 Å². The number of nitrogens with zero attached hydrogens (tertiary/aromatic N) is 3. The molecule has 2 heterocycles. The van der Waals surface area contributed by atoms with Crippen molar-refractivity contribution in [2.75, 3.05) is 5.32 Å². The lowest BCUT2D eigenvalue weighted by molar-refractivity contribution is 0.629. The van der Waals surface area contributed by atoms with Crippen LogP contribution in [0.15, 0.2) is 41.2 Å². The van der Waals surface area contributed by atoms with Crippen LogP contribution in [0.4, 0.5) is 5.13 Å². The molecular formula is C18H20N4OS. The molecule has 2 aromatic heterocycles. The Morgan fingerprint density at radius 1 is 1.38 bits per heavy atom. The Morgan fingerprint density at radius 2 is 2.12 bits per heavy atom. The van der Waals surface area contributed by atoms with Gasteiger partial charge < -0.3 is 5.32 Å². The fourth-order valence-electron chi connectivity index (χ4n) is 3.14. The molecule has 1 aliphatic carbocycles. The highest BCUT2D eigenvalue weighted by Gasteiger charge is 2.40. The van der Waals surface area contributed by atoms with Gasteiger partial charge in [-0.25, -0.2) is 4.98 Å². The first-order valence-corrected chi connectivity index (χ1v) is 9.18. The Morgan fingerprint density at radius 3 is 2.79 bits per heavy atom. The molecule has 0 saturated heterocycles. The minimum atomic E-state index is -0.114. The van der Waals surface area contributed by atoms with E-state index in [2.05, 4.69) is 46.6 Å².